The second-order valence-corrected chi connectivity index (χ2v) is 36.0. The molecule has 688 valence electrons. The van der Waals surface area contributed by atoms with E-state index >= 15 is 8.78 Å². The predicted octanol–water partition coefficient (Wildman–Crippen LogP) is 19.1. The van der Waals surface area contributed by atoms with Crippen molar-refractivity contribution in [3.05, 3.63) is 238 Å². The van der Waals surface area contributed by atoms with Crippen LogP contribution in [0.15, 0.2) is 187 Å². The van der Waals surface area contributed by atoms with Crippen LogP contribution in [0.4, 0.5) is 17.6 Å². The summed E-state index contributed by atoms with van der Waals surface area (Å²) >= 11 is 0.397. The summed E-state index contributed by atoms with van der Waals surface area (Å²) in [5, 5.41) is 60.5. The van der Waals surface area contributed by atoms with Crippen molar-refractivity contribution in [3.8, 4) is 39.6 Å². The van der Waals surface area contributed by atoms with Crippen molar-refractivity contribution in [3.63, 3.8) is 0 Å². The van der Waals surface area contributed by atoms with Crippen LogP contribution in [0.5, 0.6) is 17.2 Å². The maximum Gasteiger partial charge on any atom is 0.373 e. The Morgan fingerprint density at radius 3 is 2.05 bits per heavy atom. The lowest BCUT2D eigenvalue weighted by Gasteiger charge is -2.60. The number of hydrogen-bond acceptors (Lipinski definition) is 20. The minimum atomic E-state index is -2.28. The quantitative estimate of drug-likeness (QED) is 0.00830. The van der Waals surface area contributed by atoms with Gasteiger partial charge in [-0.2, -0.15) is 9.59 Å². The number of alkyl halides is 3. The SMILES string of the molecule is CC(C)c1c(C(=O)Cc2ccccc2)c(-c2ccccc2)c(-c2ccc(F)cc2)n1CC[C@@H](O)C[C@H](C)O.CCC(=O)O[C@@]1(C(=O)SCF)C2C[C@H](O)[C@@]3(F)[C@@H](C[C@H](F)C4=CC(=O)C=C[C@@]43C)[C@@H]2C[C@H]1C.COc1ccc2nc([S@@](=O)Cc3ncc(C)c(OC)c3C)[nH]c2c1.O=C=O.OCc1cc(C(O)CCCCCCCCOCCCCc2ccccc2)ccc1O. The number of nitrogens with one attached hydrogen (secondary N) is 1. The van der Waals surface area contributed by atoms with Crippen molar-refractivity contribution >= 4 is 62.4 Å². The van der Waals surface area contributed by atoms with Gasteiger partial charge >= 0.3 is 12.1 Å². The van der Waals surface area contributed by atoms with Gasteiger partial charge in [-0.3, -0.25) is 28.4 Å². The van der Waals surface area contributed by atoms with Gasteiger partial charge in [0.25, 0.3) is 0 Å². The third-order valence-electron chi connectivity index (χ3n) is 24.8. The Morgan fingerprint density at radius 2 is 1.43 bits per heavy atom. The number of aliphatic hydroxyl groups is 5. The highest BCUT2D eigenvalue weighted by molar-refractivity contribution is 8.13. The summed E-state index contributed by atoms with van der Waals surface area (Å²) in [6.45, 7) is 16.4. The van der Waals surface area contributed by atoms with Crippen molar-refractivity contribution in [2.24, 2.45) is 29.1 Å². The second-order valence-electron chi connectivity index (χ2n) is 33.8. The molecular weight excluding hydrogens is 1680 g/mol. The van der Waals surface area contributed by atoms with Crippen molar-refractivity contribution in [2.75, 3.05) is 33.4 Å². The molecule has 0 bridgehead atoms. The van der Waals surface area contributed by atoms with E-state index in [1.54, 1.807) is 65.5 Å². The number of thioether (sulfide) groups is 1. The Kier molecular flexibility index (Phi) is 38.6. The number of fused-ring (bicyclic) bond motifs is 6. The number of aromatic hydroxyl groups is 1. The number of aryl methyl sites for hydroxylation is 2. The molecule has 0 amide bonds. The van der Waals surface area contributed by atoms with Gasteiger partial charge < -0.3 is 59.1 Å². The van der Waals surface area contributed by atoms with E-state index in [0.717, 1.165) is 130 Å². The number of aromatic amines is 1. The molecule has 0 saturated heterocycles. The number of Topliss-reactive ketones (excluding diaryl/α,β-unsaturated/α-hetero) is 1. The number of methoxy groups -OCH3 is 2. The summed E-state index contributed by atoms with van der Waals surface area (Å²) in [5.41, 5.74) is 7.17. The monoisotopic (exact) mass is 1800 g/mol. The molecule has 4 aliphatic rings. The van der Waals surface area contributed by atoms with Crippen molar-refractivity contribution in [1.82, 2.24) is 19.5 Å². The molecule has 2 unspecified atom stereocenters. The molecule has 0 aliphatic heterocycles. The Hall–Kier alpha value is -10.1. The lowest BCUT2D eigenvalue weighted by molar-refractivity contribution is -0.203. The third kappa shape index (κ3) is 25.1. The minimum absolute atomic E-state index is 0.00391. The first-order chi connectivity index (χ1) is 61.4. The number of H-pyrrole nitrogens is 1. The molecule has 3 aromatic heterocycles. The second kappa shape index (κ2) is 48.5. The Bertz CT molecular complexity index is 5260. The number of nitrogens with zero attached hydrogens (tertiary/aromatic N) is 3. The molecule has 27 heteroatoms. The van der Waals surface area contributed by atoms with Gasteiger partial charge in [-0.15, -0.1) is 0 Å². The summed E-state index contributed by atoms with van der Waals surface area (Å²) in [4.78, 5) is 79.6. The number of aromatic nitrogens is 4. The van der Waals surface area contributed by atoms with Gasteiger partial charge in [0.2, 0.25) is 5.12 Å². The minimum Gasteiger partial charge on any atom is -0.508 e. The fraction of sp³-hybridized carbons (Fsp3) is 0.455. The average molecular weight is 1800 g/mol. The van der Waals surface area contributed by atoms with Gasteiger partial charge in [-0.25, -0.2) is 22.5 Å². The molecule has 13 rings (SSSR count). The topological polar surface area (TPSA) is 324 Å². The predicted molar refractivity (Wildman–Crippen MR) is 487 cm³/mol. The highest BCUT2D eigenvalue weighted by Gasteiger charge is 2.74. The number of aliphatic hydroxyl groups excluding tert-OH is 5. The first-order valence-corrected chi connectivity index (χ1v) is 46.2. The summed E-state index contributed by atoms with van der Waals surface area (Å²) < 4.78 is 96.4. The lowest BCUT2D eigenvalue weighted by Crippen LogP contribution is -2.68. The average Bonchev–Trinajstić information content (AvgIpc) is 1.56. The number of ketones is 2. The number of halogens is 4. The van der Waals surface area contributed by atoms with Crippen LogP contribution in [0.1, 0.15) is 205 Å². The zero-order valence-electron chi connectivity index (χ0n) is 74.6. The number of esters is 1. The van der Waals surface area contributed by atoms with Crippen LogP contribution < -0.4 is 9.47 Å². The molecule has 0 spiro atoms. The molecule has 7 N–H and O–H groups in total. The molecule has 0 radical (unpaired) electrons. The zero-order valence-corrected chi connectivity index (χ0v) is 76.3. The van der Waals surface area contributed by atoms with E-state index in [9.17, 15) is 62.8 Å². The van der Waals surface area contributed by atoms with E-state index in [2.05, 4.69) is 63.7 Å². The molecule has 4 aliphatic carbocycles. The number of pyridine rings is 1. The molecule has 9 aromatic rings. The van der Waals surface area contributed by atoms with Crippen LogP contribution in [-0.4, -0.2) is 152 Å². The van der Waals surface area contributed by atoms with Crippen LogP contribution in [0, 0.1) is 48.8 Å². The van der Waals surface area contributed by atoms with E-state index in [-0.39, 0.29) is 85.9 Å². The van der Waals surface area contributed by atoms with Crippen LogP contribution in [0.2, 0.25) is 0 Å². The number of benzene rings is 6. The number of unbranched alkanes of at least 4 members (excludes halogenated alkanes) is 6. The number of imidazole rings is 1. The van der Waals surface area contributed by atoms with Crippen LogP contribution in [0.3, 0.4) is 0 Å². The highest BCUT2D eigenvalue weighted by atomic mass is 32.2. The Labute approximate surface area is 754 Å². The van der Waals surface area contributed by atoms with Crippen LogP contribution in [-0.2, 0) is 76.0 Å². The molecule has 3 heterocycles. The number of allylic oxidation sites excluding steroid dienone is 4. The standard InChI is InChI=1S/C33H36FNO3.C26H38O4.C24H29F3O5S.C17H19N3O3S.CO2/c1-22(2)32-31(29(38)21-24-10-6-4-7-11-24)30(25-12-8-5-9-13-25)33(26-14-16-27(34)17-15-26)35(32)19-18-28(37)20-23(3)36;27-21-24-20-23(16-17-26(24)29)25(28)15-8-3-1-2-4-10-18-30-19-11-9-14-22-12-6-5-7-13-22;1-4-20(30)32-23(21(31)33-11-25)12(2)7-14-15(23)10-19(29)24(27)16(14)9-18(26)17-8-13(28)5-6-22(17,24)3;1-10-8-18-15(11(2)16(10)23-4)9-24(21)17-19-13-6-5-12(22-3)7-14(13)20-17;2-1-3/h4-17,22-23,28,36-37H,18-21H2,1-3H3;5-7,12-13,16-17,20,25,27-29H,1-4,8-11,14-15,18-19,21H2;5-6,8,12,14-16,18-19,29H,4,7,9-11H2,1-3H3;5-8H,9H2,1-4H3,(H,19,20);/t23-,28+;;12-,14-,15?,16+,18+,19+,22+,23-,24+;24-;/m0.10./s1. The number of ether oxygens (including phenoxy) is 4. The van der Waals surface area contributed by atoms with E-state index in [1.165, 1.54) is 68.5 Å². The fourth-order valence-electron chi connectivity index (χ4n) is 18.5. The lowest BCUT2D eigenvalue weighted by atomic mass is 9.47. The number of hydrogen-bond donors (Lipinski definition) is 7. The van der Waals surface area contributed by atoms with Gasteiger partial charge in [0.05, 0.1) is 84.2 Å². The zero-order chi connectivity index (χ0) is 93.0. The summed E-state index contributed by atoms with van der Waals surface area (Å²) in [5.74, 6) is -2.38. The highest BCUT2D eigenvalue weighted by Crippen LogP contribution is 2.68. The Morgan fingerprint density at radius 1 is 0.789 bits per heavy atom. The van der Waals surface area contributed by atoms with Crippen LogP contribution >= 0.6 is 11.8 Å². The largest absolute Gasteiger partial charge is 0.508 e. The van der Waals surface area contributed by atoms with Gasteiger partial charge in [0.1, 0.15) is 35.2 Å². The molecule has 3 saturated carbocycles. The summed E-state index contributed by atoms with van der Waals surface area (Å²) in [6.07, 6.45) is 12.3. The summed E-state index contributed by atoms with van der Waals surface area (Å²) in [7, 11) is 1.91. The maximum absolute atomic E-state index is 17.0. The van der Waals surface area contributed by atoms with E-state index in [1.807, 2.05) is 92.7 Å². The smallest absolute Gasteiger partial charge is 0.373 e. The molecule has 6 aromatic carbocycles. The molecule has 21 nitrogen and oxygen atoms in total. The van der Waals surface area contributed by atoms with Crippen molar-refractivity contribution < 1.29 is 100 Å². The maximum atomic E-state index is 17.0. The van der Waals surface area contributed by atoms with Crippen LogP contribution in [0.25, 0.3) is 33.4 Å². The normalized spacial score (nSPS) is 21.0. The van der Waals surface area contributed by atoms with Gasteiger partial charge in [-0.1, -0.05) is 163 Å². The molecule has 3 fully saturated rings. The van der Waals surface area contributed by atoms with Gasteiger partial charge in [0, 0.05) is 102 Å². The fourth-order valence-corrected chi connectivity index (χ4v) is 20.3. The Balaban J connectivity index is 0.000000193. The molecule has 13 atom stereocenters. The number of carbonyl (C=O) groups excluding carboxylic acids is 6. The van der Waals surface area contributed by atoms with E-state index < -0.39 is 105 Å². The molecular formula is C101H122F4N4O17S2. The van der Waals surface area contributed by atoms with E-state index in [4.69, 9.17) is 28.5 Å². The first-order valence-electron chi connectivity index (χ1n) is 43.9. The van der Waals surface area contributed by atoms with Crippen molar-refractivity contribution in [2.45, 2.75) is 236 Å². The number of rotatable bonds is 36. The number of phenols is 1. The molecule has 128 heavy (non-hydrogen) atoms. The van der Waals surface area contributed by atoms with E-state index in [0.29, 0.717) is 47.4 Å². The first kappa shape index (κ1) is 102. The number of carbonyl (C=O) groups is 4. The summed E-state index contributed by atoms with van der Waals surface area (Å²) in [6, 6.07) is 46.0. The van der Waals surface area contributed by atoms with Crippen molar-refractivity contribution in [1.29, 1.82) is 0 Å². The third-order valence-corrected chi connectivity index (χ3v) is 26.7. The van der Waals surface area contributed by atoms with Gasteiger partial charge in [0.15, 0.2) is 28.0 Å². The van der Waals surface area contributed by atoms with Gasteiger partial charge in [-0.05, 0) is 210 Å².